The third-order valence-electron chi connectivity index (χ3n) is 3.79. The smallest absolute Gasteiger partial charge is 0.269 e. The van der Waals surface area contributed by atoms with Crippen LogP contribution in [0.25, 0.3) is 5.82 Å². The first-order valence-corrected chi connectivity index (χ1v) is 7.90. The standard InChI is InChI=1S/C18H15F3N4O2/c1-12-15(17(26)24-27-11-13-5-3-2-4-6-13)10-23-25(12)16-8-7-14(9-22-16)18(19,20)21/h2-10H,11H2,1H3,(H,24,26). The number of halogens is 3. The van der Waals surface area contributed by atoms with Crippen LogP contribution >= 0.6 is 0 Å². The zero-order valence-electron chi connectivity index (χ0n) is 14.2. The molecule has 2 aromatic heterocycles. The number of benzene rings is 1. The molecule has 1 aromatic carbocycles. The van der Waals surface area contributed by atoms with Gasteiger partial charge in [-0.2, -0.15) is 18.3 Å². The SMILES string of the molecule is Cc1c(C(=O)NOCc2ccccc2)cnn1-c1ccc(C(F)(F)F)cn1. The lowest BCUT2D eigenvalue weighted by atomic mass is 10.2. The van der Waals surface area contributed by atoms with Crippen molar-refractivity contribution in [2.45, 2.75) is 19.7 Å². The number of carbonyl (C=O) groups excluding carboxylic acids is 1. The summed E-state index contributed by atoms with van der Waals surface area (Å²) in [5.74, 6) is -0.341. The maximum absolute atomic E-state index is 12.6. The number of alkyl halides is 3. The molecule has 0 saturated carbocycles. The number of nitrogens with one attached hydrogen (secondary N) is 1. The van der Waals surface area contributed by atoms with Crippen molar-refractivity contribution in [1.82, 2.24) is 20.2 Å². The molecule has 0 aliphatic heterocycles. The summed E-state index contributed by atoms with van der Waals surface area (Å²) in [6.45, 7) is 1.80. The van der Waals surface area contributed by atoms with Crippen molar-refractivity contribution in [3.8, 4) is 5.82 Å². The Morgan fingerprint density at radius 3 is 2.52 bits per heavy atom. The molecular formula is C18H15F3N4O2. The molecule has 0 fully saturated rings. The Morgan fingerprint density at radius 1 is 1.15 bits per heavy atom. The minimum absolute atomic E-state index is 0.171. The van der Waals surface area contributed by atoms with E-state index in [2.05, 4.69) is 15.6 Å². The second kappa shape index (κ2) is 7.58. The predicted octanol–water partition coefficient (Wildman–Crippen LogP) is 3.46. The first kappa shape index (κ1) is 18.6. The van der Waals surface area contributed by atoms with Crippen molar-refractivity contribution in [2.75, 3.05) is 0 Å². The summed E-state index contributed by atoms with van der Waals surface area (Å²) in [7, 11) is 0. The quantitative estimate of drug-likeness (QED) is 0.693. The number of amides is 1. The van der Waals surface area contributed by atoms with E-state index < -0.39 is 17.6 Å². The van der Waals surface area contributed by atoms with Gasteiger partial charge < -0.3 is 0 Å². The second-order valence-electron chi connectivity index (χ2n) is 5.66. The summed E-state index contributed by atoms with van der Waals surface area (Å²) in [5.41, 5.74) is 3.00. The molecule has 0 spiro atoms. The maximum Gasteiger partial charge on any atom is 0.417 e. The average Bonchev–Trinajstić information content (AvgIpc) is 3.03. The molecular weight excluding hydrogens is 361 g/mol. The minimum Gasteiger partial charge on any atom is -0.269 e. The predicted molar refractivity (Wildman–Crippen MR) is 89.8 cm³/mol. The lowest BCUT2D eigenvalue weighted by Crippen LogP contribution is -2.24. The molecule has 0 aliphatic rings. The van der Waals surface area contributed by atoms with Gasteiger partial charge in [-0.05, 0) is 24.6 Å². The monoisotopic (exact) mass is 376 g/mol. The summed E-state index contributed by atoms with van der Waals surface area (Å²) < 4.78 is 39.2. The van der Waals surface area contributed by atoms with Crippen LogP contribution in [0.1, 0.15) is 27.2 Å². The highest BCUT2D eigenvalue weighted by atomic mass is 19.4. The van der Waals surface area contributed by atoms with Crippen molar-refractivity contribution in [3.05, 3.63) is 77.2 Å². The van der Waals surface area contributed by atoms with E-state index in [9.17, 15) is 18.0 Å². The normalized spacial score (nSPS) is 11.4. The van der Waals surface area contributed by atoms with E-state index in [1.165, 1.54) is 16.9 Å². The molecule has 9 heteroatoms. The number of pyridine rings is 1. The Morgan fingerprint density at radius 2 is 1.89 bits per heavy atom. The van der Waals surface area contributed by atoms with E-state index >= 15 is 0 Å². The van der Waals surface area contributed by atoms with Gasteiger partial charge in [0.2, 0.25) is 0 Å². The lowest BCUT2D eigenvalue weighted by Gasteiger charge is -2.08. The van der Waals surface area contributed by atoms with E-state index in [1.807, 2.05) is 30.3 Å². The van der Waals surface area contributed by atoms with Gasteiger partial charge in [0, 0.05) is 6.20 Å². The molecule has 3 rings (SSSR count). The van der Waals surface area contributed by atoms with Gasteiger partial charge in [0.25, 0.3) is 5.91 Å². The van der Waals surface area contributed by atoms with Crippen molar-refractivity contribution in [3.63, 3.8) is 0 Å². The highest BCUT2D eigenvalue weighted by Gasteiger charge is 2.30. The topological polar surface area (TPSA) is 69.0 Å². The minimum atomic E-state index is -4.47. The van der Waals surface area contributed by atoms with Gasteiger partial charge in [-0.1, -0.05) is 30.3 Å². The highest BCUT2D eigenvalue weighted by molar-refractivity contribution is 5.94. The van der Waals surface area contributed by atoms with Gasteiger partial charge >= 0.3 is 6.18 Å². The molecule has 0 saturated heterocycles. The summed E-state index contributed by atoms with van der Waals surface area (Å²) in [6, 6.07) is 11.4. The van der Waals surface area contributed by atoms with E-state index in [0.29, 0.717) is 5.69 Å². The van der Waals surface area contributed by atoms with Crippen LogP contribution in [0.5, 0.6) is 0 Å². The summed E-state index contributed by atoms with van der Waals surface area (Å²) in [6.07, 6.45) is -2.44. The van der Waals surface area contributed by atoms with Crippen molar-refractivity contribution >= 4 is 5.91 Å². The van der Waals surface area contributed by atoms with Crippen LogP contribution in [0, 0.1) is 6.92 Å². The Balaban J connectivity index is 1.68. The summed E-state index contributed by atoms with van der Waals surface area (Å²) in [4.78, 5) is 21.2. The first-order chi connectivity index (χ1) is 12.9. The first-order valence-electron chi connectivity index (χ1n) is 7.90. The van der Waals surface area contributed by atoms with Crippen LogP contribution in [0.15, 0.2) is 54.9 Å². The van der Waals surface area contributed by atoms with Gasteiger partial charge in [0.15, 0.2) is 5.82 Å². The summed E-state index contributed by atoms with van der Waals surface area (Å²) in [5, 5.41) is 4.02. The van der Waals surface area contributed by atoms with Gasteiger partial charge in [0.05, 0.1) is 29.6 Å². The third-order valence-corrected chi connectivity index (χ3v) is 3.79. The molecule has 0 bridgehead atoms. The lowest BCUT2D eigenvalue weighted by molar-refractivity contribution is -0.137. The van der Waals surface area contributed by atoms with E-state index in [0.717, 1.165) is 17.8 Å². The molecule has 3 aromatic rings. The van der Waals surface area contributed by atoms with Crippen LogP contribution in [0.2, 0.25) is 0 Å². The highest BCUT2D eigenvalue weighted by Crippen LogP contribution is 2.28. The molecule has 6 nitrogen and oxygen atoms in total. The number of carbonyl (C=O) groups is 1. The Kier molecular flexibility index (Phi) is 5.22. The van der Waals surface area contributed by atoms with Gasteiger partial charge in [0.1, 0.15) is 0 Å². The van der Waals surface area contributed by atoms with Crippen molar-refractivity contribution in [1.29, 1.82) is 0 Å². The van der Waals surface area contributed by atoms with Gasteiger partial charge in [-0.15, -0.1) is 0 Å². The number of hydrogen-bond donors (Lipinski definition) is 1. The number of hydroxylamine groups is 1. The van der Waals surface area contributed by atoms with Crippen molar-refractivity contribution in [2.24, 2.45) is 0 Å². The van der Waals surface area contributed by atoms with E-state index in [4.69, 9.17) is 4.84 Å². The number of aromatic nitrogens is 3. The zero-order valence-corrected chi connectivity index (χ0v) is 14.2. The molecule has 27 heavy (non-hydrogen) atoms. The van der Waals surface area contributed by atoms with Crippen LogP contribution in [-0.2, 0) is 17.6 Å². The number of hydrogen-bond acceptors (Lipinski definition) is 4. The molecule has 0 radical (unpaired) electrons. The number of rotatable bonds is 5. The Hall–Kier alpha value is -3.20. The molecule has 1 N–H and O–H groups in total. The van der Waals surface area contributed by atoms with Crippen LogP contribution in [-0.4, -0.2) is 20.7 Å². The fourth-order valence-corrected chi connectivity index (χ4v) is 2.36. The molecule has 1 amide bonds. The van der Waals surface area contributed by atoms with E-state index in [-0.39, 0.29) is 18.0 Å². The van der Waals surface area contributed by atoms with Crippen LogP contribution in [0.3, 0.4) is 0 Å². The van der Waals surface area contributed by atoms with Gasteiger partial charge in [-0.25, -0.2) is 15.1 Å². The fraction of sp³-hybridized carbons (Fsp3) is 0.167. The van der Waals surface area contributed by atoms with Crippen LogP contribution in [0.4, 0.5) is 13.2 Å². The number of nitrogens with zero attached hydrogens (tertiary/aromatic N) is 3. The largest absolute Gasteiger partial charge is 0.417 e. The van der Waals surface area contributed by atoms with E-state index in [1.54, 1.807) is 6.92 Å². The molecule has 140 valence electrons. The molecule has 2 heterocycles. The fourth-order valence-electron chi connectivity index (χ4n) is 2.36. The molecule has 0 unspecified atom stereocenters. The van der Waals surface area contributed by atoms with Crippen LogP contribution < -0.4 is 5.48 Å². The zero-order chi connectivity index (χ0) is 19.4. The van der Waals surface area contributed by atoms with Crippen molar-refractivity contribution < 1.29 is 22.8 Å². The van der Waals surface area contributed by atoms with Gasteiger partial charge in [-0.3, -0.25) is 9.63 Å². The summed E-state index contributed by atoms with van der Waals surface area (Å²) >= 11 is 0. The third kappa shape index (κ3) is 4.32. The molecule has 0 aliphatic carbocycles. The molecule has 0 atom stereocenters. The Labute approximate surface area is 152 Å². The average molecular weight is 376 g/mol. The maximum atomic E-state index is 12.6. The second-order valence-corrected chi connectivity index (χ2v) is 5.66. The Bertz CT molecular complexity index is 922.